The van der Waals surface area contributed by atoms with E-state index < -0.39 is 0 Å². The third kappa shape index (κ3) is 3.06. The third-order valence-electron chi connectivity index (χ3n) is 5.33. The molecular weight excluding hydrogens is 368 g/mol. The van der Waals surface area contributed by atoms with Crippen LogP contribution in [0.1, 0.15) is 55.8 Å². The van der Waals surface area contributed by atoms with Crippen LogP contribution in [-0.2, 0) is 0 Å². The first-order valence-corrected chi connectivity index (χ1v) is 9.83. The number of rotatable bonds is 0. The van der Waals surface area contributed by atoms with Crippen LogP contribution in [0.5, 0.6) is 0 Å². The molecule has 0 unspecified atom stereocenters. The Morgan fingerprint density at radius 3 is 1.47 bits per heavy atom. The highest BCUT2D eigenvalue weighted by atomic mass is 16.1. The monoisotopic (exact) mass is 384 g/mol. The maximum Gasteiger partial charge on any atom is 0.195 e. The molecule has 0 radical (unpaired) electrons. The maximum absolute atomic E-state index is 13.4. The smallest absolute Gasteiger partial charge is 0.195 e. The summed E-state index contributed by atoms with van der Waals surface area (Å²) in [5, 5.41) is 0. The zero-order chi connectivity index (χ0) is 20.5. The van der Waals surface area contributed by atoms with Crippen molar-refractivity contribution in [2.24, 2.45) is 0 Å². The summed E-state index contributed by atoms with van der Waals surface area (Å²) in [4.78, 5) is 26.7. The lowest BCUT2D eigenvalue weighted by Gasteiger charge is -2.20. The first kappa shape index (κ1) is 17.9. The fraction of sp³-hybridized carbons (Fsp3) is 0.0714. The van der Waals surface area contributed by atoms with Crippen molar-refractivity contribution in [1.82, 2.24) is 0 Å². The van der Waals surface area contributed by atoms with E-state index in [4.69, 9.17) is 0 Å². The molecule has 30 heavy (non-hydrogen) atoms. The van der Waals surface area contributed by atoms with Gasteiger partial charge in [0.25, 0.3) is 0 Å². The second kappa shape index (κ2) is 7.36. The minimum atomic E-state index is -0.173. The molecule has 0 bridgehead atoms. The van der Waals surface area contributed by atoms with E-state index in [1.807, 2.05) is 36.5 Å². The average molecular weight is 384 g/mol. The molecule has 0 saturated carbocycles. The number of benzene rings is 2. The molecule has 2 nitrogen and oxygen atoms in total. The highest BCUT2D eigenvalue weighted by Crippen LogP contribution is 2.31. The van der Waals surface area contributed by atoms with Crippen LogP contribution in [-0.4, -0.2) is 11.6 Å². The Balaban J connectivity index is 1.69. The summed E-state index contributed by atoms with van der Waals surface area (Å²) in [6, 6.07) is 10.6. The van der Waals surface area contributed by atoms with Crippen molar-refractivity contribution < 1.29 is 9.59 Å². The Hall–Kier alpha value is -4.14. The van der Waals surface area contributed by atoms with E-state index in [2.05, 4.69) is 23.7 Å². The molecule has 2 aromatic rings. The Kier molecular flexibility index (Phi) is 4.40. The van der Waals surface area contributed by atoms with Crippen LogP contribution < -0.4 is 0 Å². The second-order valence-corrected chi connectivity index (χ2v) is 7.26. The zero-order valence-electron chi connectivity index (χ0n) is 16.2. The van der Waals surface area contributed by atoms with Gasteiger partial charge in [-0.1, -0.05) is 84.4 Å². The molecule has 2 heteroatoms. The van der Waals surface area contributed by atoms with Gasteiger partial charge in [0, 0.05) is 33.4 Å². The van der Waals surface area contributed by atoms with E-state index in [1.165, 1.54) is 0 Å². The van der Waals surface area contributed by atoms with Crippen LogP contribution in [0.15, 0.2) is 84.0 Å². The lowest BCUT2D eigenvalue weighted by atomic mass is 9.79. The second-order valence-electron chi connectivity index (χ2n) is 7.26. The van der Waals surface area contributed by atoms with E-state index >= 15 is 0 Å². The summed E-state index contributed by atoms with van der Waals surface area (Å²) in [6.45, 7) is 0. The molecule has 3 aliphatic carbocycles. The van der Waals surface area contributed by atoms with Crippen LogP contribution in [0.3, 0.4) is 0 Å². The molecular formula is C28H16O2. The van der Waals surface area contributed by atoms with Crippen molar-refractivity contribution in [2.75, 3.05) is 0 Å². The molecule has 0 atom stereocenters. The van der Waals surface area contributed by atoms with Gasteiger partial charge in [-0.15, -0.1) is 0 Å². The molecule has 0 aliphatic heterocycles. The van der Waals surface area contributed by atoms with Crippen molar-refractivity contribution in [3.63, 3.8) is 0 Å². The molecule has 2 aromatic carbocycles. The Morgan fingerprint density at radius 1 is 0.600 bits per heavy atom. The summed E-state index contributed by atoms with van der Waals surface area (Å²) in [6.07, 6.45) is 13.5. The summed E-state index contributed by atoms with van der Waals surface area (Å²) >= 11 is 0. The van der Waals surface area contributed by atoms with E-state index in [0.717, 1.165) is 24.0 Å². The lowest BCUT2D eigenvalue weighted by Crippen LogP contribution is -2.23. The Morgan fingerprint density at radius 2 is 1.07 bits per heavy atom. The molecule has 0 saturated heterocycles. The van der Waals surface area contributed by atoms with Crippen molar-refractivity contribution in [1.29, 1.82) is 0 Å². The fourth-order valence-electron chi connectivity index (χ4n) is 3.81. The van der Waals surface area contributed by atoms with E-state index in [1.54, 1.807) is 36.4 Å². The molecule has 0 aromatic heterocycles. The molecule has 0 heterocycles. The topological polar surface area (TPSA) is 34.1 Å². The molecule has 5 rings (SSSR count). The predicted octanol–water partition coefficient (Wildman–Crippen LogP) is 4.94. The standard InChI is InChI=1S/C28H16O2/c29-27-23-11-5-6-12-24(23)28(30)26-22(16-14-20-9-3-4-10-20)18-17-21(25(26)27)15-13-19-7-1-2-8-19/h1-7,9,11-12,17-18H,8,10H2. The van der Waals surface area contributed by atoms with Crippen molar-refractivity contribution in [3.8, 4) is 23.7 Å². The van der Waals surface area contributed by atoms with Gasteiger partial charge in [0.2, 0.25) is 0 Å². The van der Waals surface area contributed by atoms with Gasteiger partial charge in [0.05, 0.1) is 11.1 Å². The quantitative estimate of drug-likeness (QED) is 0.515. The van der Waals surface area contributed by atoms with Gasteiger partial charge in [-0.3, -0.25) is 9.59 Å². The van der Waals surface area contributed by atoms with E-state index in [0.29, 0.717) is 33.4 Å². The summed E-state index contributed by atoms with van der Waals surface area (Å²) < 4.78 is 0. The van der Waals surface area contributed by atoms with Crippen LogP contribution in [0, 0.1) is 23.7 Å². The molecule has 0 fully saturated rings. The SMILES string of the molecule is O=C1c2ccccc2C(=O)c2c(C#CC3=CC=CC3)ccc(C#CC3=CC=CC3)c21. The van der Waals surface area contributed by atoms with Gasteiger partial charge < -0.3 is 0 Å². The predicted molar refractivity (Wildman–Crippen MR) is 117 cm³/mol. The minimum Gasteiger partial charge on any atom is -0.289 e. The van der Waals surface area contributed by atoms with Gasteiger partial charge in [-0.25, -0.2) is 0 Å². The summed E-state index contributed by atoms with van der Waals surface area (Å²) in [5.41, 5.74) is 4.69. The Labute approximate surface area is 175 Å². The van der Waals surface area contributed by atoms with Gasteiger partial charge in [-0.2, -0.15) is 0 Å². The number of carbonyl (C=O) groups is 2. The fourth-order valence-corrected chi connectivity index (χ4v) is 3.81. The molecule has 0 N–H and O–H groups in total. The van der Waals surface area contributed by atoms with E-state index in [-0.39, 0.29) is 11.6 Å². The highest BCUT2D eigenvalue weighted by molar-refractivity contribution is 6.30. The molecule has 0 amide bonds. The number of allylic oxidation sites excluding steroid dienone is 8. The van der Waals surface area contributed by atoms with Crippen molar-refractivity contribution >= 4 is 11.6 Å². The Bertz CT molecular complexity index is 1260. The number of hydrogen-bond donors (Lipinski definition) is 0. The molecule has 140 valence electrons. The van der Waals surface area contributed by atoms with Gasteiger partial charge in [0.1, 0.15) is 0 Å². The van der Waals surface area contributed by atoms with Crippen LogP contribution in [0.4, 0.5) is 0 Å². The first-order chi connectivity index (χ1) is 14.7. The van der Waals surface area contributed by atoms with Gasteiger partial charge in [0.15, 0.2) is 11.6 Å². The van der Waals surface area contributed by atoms with Crippen LogP contribution in [0.2, 0.25) is 0 Å². The van der Waals surface area contributed by atoms with Crippen LogP contribution in [0.25, 0.3) is 0 Å². The zero-order valence-corrected chi connectivity index (χ0v) is 16.2. The third-order valence-corrected chi connectivity index (χ3v) is 5.33. The van der Waals surface area contributed by atoms with Crippen molar-refractivity contribution in [3.05, 3.63) is 117 Å². The molecule has 3 aliphatic rings. The summed E-state index contributed by atoms with van der Waals surface area (Å²) in [5.74, 6) is 12.2. The van der Waals surface area contributed by atoms with Gasteiger partial charge in [-0.05, 0) is 25.0 Å². The normalized spacial score (nSPS) is 15.5. The first-order valence-electron chi connectivity index (χ1n) is 9.83. The van der Waals surface area contributed by atoms with Gasteiger partial charge >= 0.3 is 0 Å². The number of fused-ring (bicyclic) bond motifs is 2. The van der Waals surface area contributed by atoms with Crippen LogP contribution >= 0.6 is 0 Å². The highest BCUT2D eigenvalue weighted by Gasteiger charge is 2.33. The number of ketones is 2. The number of hydrogen-bond acceptors (Lipinski definition) is 2. The number of carbonyl (C=O) groups excluding carboxylic acids is 2. The largest absolute Gasteiger partial charge is 0.289 e. The molecule has 0 spiro atoms. The summed E-state index contributed by atoms with van der Waals surface area (Å²) in [7, 11) is 0. The van der Waals surface area contributed by atoms with E-state index in [9.17, 15) is 9.59 Å². The maximum atomic E-state index is 13.4. The average Bonchev–Trinajstić information content (AvgIpc) is 3.48. The minimum absolute atomic E-state index is 0.173. The van der Waals surface area contributed by atoms with Crippen molar-refractivity contribution in [2.45, 2.75) is 12.8 Å². The lowest BCUT2D eigenvalue weighted by molar-refractivity contribution is 0.0978.